The quantitative estimate of drug-likeness (QED) is 0.587. The molecule has 0 fully saturated rings. The van der Waals surface area contributed by atoms with E-state index in [1.165, 1.54) is 21.3 Å². The molecule has 2 aromatic heterocycles. The highest BCUT2D eigenvalue weighted by Gasteiger charge is 2.18. The molecule has 7 nitrogen and oxygen atoms in total. The first-order valence-corrected chi connectivity index (χ1v) is 9.85. The van der Waals surface area contributed by atoms with E-state index in [1.54, 1.807) is 38.4 Å². The molecule has 0 atom stereocenters. The fourth-order valence-electron chi connectivity index (χ4n) is 3.27. The molecule has 0 spiro atoms. The van der Waals surface area contributed by atoms with E-state index < -0.39 is 10.0 Å². The molecule has 0 saturated heterocycles. The molecular formula is C19H19N3O4S. The van der Waals surface area contributed by atoms with E-state index in [-0.39, 0.29) is 10.6 Å². The molecule has 140 valence electrons. The van der Waals surface area contributed by atoms with Crippen molar-refractivity contribution in [1.29, 1.82) is 0 Å². The molecule has 0 unspecified atom stereocenters. The molecule has 0 aliphatic rings. The monoisotopic (exact) mass is 385 g/mol. The summed E-state index contributed by atoms with van der Waals surface area (Å²) in [6.07, 6.45) is 0. The minimum Gasteiger partial charge on any atom is -0.461 e. The number of anilines is 1. The van der Waals surface area contributed by atoms with Gasteiger partial charge in [-0.15, -0.1) is 0 Å². The maximum atomic E-state index is 12.8. The van der Waals surface area contributed by atoms with E-state index in [0.29, 0.717) is 22.3 Å². The van der Waals surface area contributed by atoms with E-state index in [4.69, 9.17) is 4.42 Å². The SMILES string of the molecule is Cc1oc2ccc(NS(=O)(=O)c3ccc4c(c3)n(C)c(=O)n4C)cc2c1C. The molecule has 4 rings (SSSR count). The van der Waals surface area contributed by atoms with Crippen LogP contribution < -0.4 is 10.4 Å². The summed E-state index contributed by atoms with van der Waals surface area (Å²) < 4.78 is 36.8. The van der Waals surface area contributed by atoms with Crippen LogP contribution in [0, 0.1) is 13.8 Å². The average Bonchev–Trinajstić information content (AvgIpc) is 3.03. The molecule has 27 heavy (non-hydrogen) atoms. The van der Waals surface area contributed by atoms with Gasteiger partial charge in [-0.2, -0.15) is 0 Å². The summed E-state index contributed by atoms with van der Waals surface area (Å²) in [5.74, 6) is 0.806. The van der Waals surface area contributed by atoms with Crippen molar-refractivity contribution in [3.8, 4) is 0 Å². The van der Waals surface area contributed by atoms with E-state index in [2.05, 4.69) is 4.72 Å². The van der Waals surface area contributed by atoms with Crippen LogP contribution in [0.1, 0.15) is 11.3 Å². The molecule has 0 radical (unpaired) electrons. The van der Waals surface area contributed by atoms with Crippen LogP contribution in [0.15, 0.2) is 50.5 Å². The minimum atomic E-state index is -3.81. The molecule has 2 heterocycles. The lowest BCUT2D eigenvalue weighted by Gasteiger charge is -2.09. The van der Waals surface area contributed by atoms with Crippen molar-refractivity contribution in [1.82, 2.24) is 9.13 Å². The maximum Gasteiger partial charge on any atom is 0.328 e. The summed E-state index contributed by atoms with van der Waals surface area (Å²) in [5, 5.41) is 0.869. The molecule has 0 aliphatic heterocycles. The van der Waals surface area contributed by atoms with Crippen LogP contribution in [0.4, 0.5) is 5.69 Å². The first kappa shape index (κ1) is 17.4. The maximum absolute atomic E-state index is 12.8. The van der Waals surface area contributed by atoms with Gasteiger partial charge in [0, 0.05) is 25.2 Å². The van der Waals surface area contributed by atoms with Gasteiger partial charge in [-0.25, -0.2) is 13.2 Å². The third kappa shape index (κ3) is 2.64. The molecule has 0 aliphatic carbocycles. The third-order valence-corrected chi connectivity index (χ3v) is 6.36. The Morgan fingerprint density at radius 3 is 2.41 bits per heavy atom. The number of nitrogens with one attached hydrogen (secondary N) is 1. The molecule has 8 heteroatoms. The lowest BCUT2D eigenvalue weighted by atomic mass is 10.1. The largest absolute Gasteiger partial charge is 0.461 e. The van der Waals surface area contributed by atoms with Crippen molar-refractivity contribution in [2.75, 3.05) is 4.72 Å². The molecule has 4 aromatic rings. The van der Waals surface area contributed by atoms with Gasteiger partial charge in [0.1, 0.15) is 11.3 Å². The van der Waals surface area contributed by atoms with Crippen molar-refractivity contribution < 1.29 is 12.8 Å². The Kier molecular flexibility index (Phi) is 3.71. The summed E-state index contributed by atoms with van der Waals surface area (Å²) in [5.41, 5.74) is 3.17. The Hall–Kier alpha value is -3.00. The van der Waals surface area contributed by atoms with Crippen molar-refractivity contribution >= 4 is 37.7 Å². The summed E-state index contributed by atoms with van der Waals surface area (Å²) in [4.78, 5) is 12.1. The first-order chi connectivity index (χ1) is 12.7. The van der Waals surface area contributed by atoms with E-state index in [1.807, 2.05) is 13.8 Å². The van der Waals surface area contributed by atoms with Gasteiger partial charge in [0.25, 0.3) is 10.0 Å². The second kappa shape index (κ2) is 5.75. The number of furan rings is 1. The van der Waals surface area contributed by atoms with Gasteiger partial charge in [-0.05, 0) is 55.8 Å². The summed E-state index contributed by atoms with van der Waals surface area (Å²) in [6, 6.07) is 9.81. The predicted molar refractivity (Wildman–Crippen MR) is 105 cm³/mol. The van der Waals surface area contributed by atoms with Gasteiger partial charge < -0.3 is 4.42 Å². The van der Waals surface area contributed by atoms with Gasteiger partial charge >= 0.3 is 5.69 Å². The fourth-order valence-corrected chi connectivity index (χ4v) is 4.34. The van der Waals surface area contributed by atoms with Gasteiger partial charge in [0.2, 0.25) is 0 Å². The smallest absolute Gasteiger partial charge is 0.328 e. The number of rotatable bonds is 3. The first-order valence-electron chi connectivity index (χ1n) is 8.37. The molecule has 1 N–H and O–H groups in total. The molecular weight excluding hydrogens is 366 g/mol. The number of nitrogens with zero attached hydrogens (tertiary/aromatic N) is 2. The van der Waals surface area contributed by atoms with Gasteiger partial charge in [-0.3, -0.25) is 13.9 Å². The molecule has 2 aromatic carbocycles. The Bertz CT molecular complexity index is 1370. The molecule has 0 bridgehead atoms. The standard InChI is InChI=1S/C19H19N3O4S/c1-11-12(2)26-18-8-5-13(9-15(11)18)20-27(24,25)14-6-7-16-17(10-14)22(4)19(23)21(16)3/h5-10,20H,1-4H3. The fraction of sp³-hybridized carbons (Fsp3) is 0.211. The summed E-state index contributed by atoms with van der Waals surface area (Å²) >= 11 is 0. The second-order valence-electron chi connectivity index (χ2n) is 6.65. The van der Waals surface area contributed by atoms with Gasteiger partial charge in [0.15, 0.2) is 0 Å². The highest BCUT2D eigenvalue weighted by molar-refractivity contribution is 7.92. The Labute approximate surface area is 155 Å². The zero-order valence-electron chi connectivity index (χ0n) is 15.4. The van der Waals surface area contributed by atoms with Gasteiger partial charge in [-0.1, -0.05) is 0 Å². The highest BCUT2D eigenvalue weighted by atomic mass is 32.2. The predicted octanol–water partition coefficient (Wildman–Crippen LogP) is 3.04. The average molecular weight is 385 g/mol. The lowest BCUT2D eigenvalue weighted by Crippen LogP contribution is -2.19. The topological polar surface area (TPSA) is 86.2 Å². The Balaban J connectivity index is 1.77. The van der Waals surface area contributed by atoms with Crippen LogP contribution in [-0.2, 0) is 24.1 Å². The van der Waals surface area contributed by atoms with Crippen molar-refractivity contribution in [2.45, 2.75) is 18.7 Å². The Morgan fingerprint density at radius 2 is 1.67 bits per heavy atom. The van der Waals surface area contributed by atoms with E-state index in [9.17, 15) is 13.2 Å². The van der Waals surface area contributed by atoms with Crippen LogP contribution in [0.25, 0.3) is 22.0 Å². The van der Waals surface area contributed by atoms with Crippen molar-refractivity contribution in [3.63, 3.8) is 0 Å². The number of aryl methyl sites for hydroxylation is 4. The number of sulfonamides is 1. The van der Waals surface area contributed by atoms with Crippen molar-refractivity contribution in [3.05, 3.63) is 58.2 Å². The molecule has 0 saturated carbocycles. The van der Waals surface area contributed by atoms with Crippen LogP contribution in [-0.4, -0.2) is 17.6 Å². The van der Waals surface area contributed by atoms with Crippen LogP contribution in [0.2, 0.25) is 0 Å². The Morgan fingerprint density at radius 1 is 0.963 bits per heavy atom. The number of benzene rings is 2. The third-order valence-electron chi connectivity index (χ3n) is 4.98. The number of imidazole rings is 1. The highest BCUT2D eigenvalue weighted by Crippen LogP contribution is 2.28. The van der Waals surface area contributed by atoms with Gasteiger partial charge in [0.05, 0.1) is 15.9 Å². The van der Waals surface area contributed by atoms with Crippen molar-refractivity contribution in [2.24, 2.45) is 14.1 Å². The number of aromatic nitrogens is 2. The molecule has 0 amide bonds. The zero-order chi connectivity index (χ0) is 19.5. The van der Waals surface area contributed by atoms with Crippen LogP contribution >= 0.6 is 0 Å². The summed E-state index contributed by atoms with van der Waals surface area (Å²) in [6.45, 7) is 3.81. The van der Waals surface area contributed by atoms with Crippen LogP contribution in [0.3, 0.4) is 0 Å². The zero-order valence-corrected chi connectivity index (χ0v) is 16.2. The number of hydrogen-bond donors (Lipinski definition) is 1. The van der Waals surface area contributed by atoms with Crippen LogP contribution in [0.5, 0.6) is 0 Å². The number of hydrogen-bond acceptors (Lipinski definition) is 4. The van der Waals surface area contributed by atoms with E-state index in [0.717, 1.165) is 16.7 Å². The second-order valence-corrected chi connectivity index (χ2v) is 8.33. The minimum absolute atomic E-state index is 0.0939. The van der Waals surface area contributed by atoms with E-state index >= 15 is 0 Å². The lowest BCUT2D eigenvalue weighted by molar-refractivity contribution is 0.575. The summed E-state index contributed by atoms with van der Waals surface area (Å²) in [7, 11) is -0.533. The number of fused-ring (bicyclic) bond motifs is 2. The normalized spacial score (nSPS) is 12.1.